The van der Waals surface area contributed by atoms with E-state index >= 15 is 0 Å². The van der Waals surface area contributed by atoms with Crippen molar-refractivity contribution in [2.24, 2.45) is 5.92 Å². The maximum atomic E-state index is 12.3. The number of anilines is 1. The van der Waals surface area contributed by atoms with E-state index in [1.165, 1.54) is 0 Å². The zero-order chi connectivity index (χ0) is 16.2. The number of para-hydroxylation sites is 1. The van der Waals surface area contributed by atoms with Gasteiger partial charge in [0.1, 0.15) is 0 Å². The molecule has 6 heteroatoms. The molecule has 0 unspecified atom stereocenters. The van der Waals surface area contributed by atoms with Crippen molar-refractivity contribution in [1.82, 2.24) is 4.90 Å². The number of urea groups is 1. The lowest BCUT2D eigenvalue weighted by molar-refractivity contribution is -0.0725. The molecule has 22 heavy (non-hydrogen) atoms. The predicted molar refractivity (Wildman–Crippen MR) is 87.3 cm³/mol. The second-order valence-electron chi connectivity index (χ2n) is 5.85. The number of hydrogen-bond acceptors (Lipinski definition) is 3. The van der Waals surface area contributed by atoms with E-state index in [2.05, 4.69) is 5.32 Å². The average Bonchev–Trinajstić information content (AvgIpc) is 2.50. The van der Waals surface area contributed by atoms with Gasteiger partial charge in [0.25, 0.3) is 0 Å². The Morgan fingerprint density at radius 1 is 1.55 bits per heavy atom. The van der Waals surface area contributed by atoms with E-state index in [1.807, 2.05) is 19.1 Å². The van der Waals surface area contributed by atoms with Crippen LogP contribution in [-0.2, 0) is 4.74 Å². The summed E-state index contributed by atoms with van der Waals surface area (Å²) in [7, 11) is 1.63. The van der Waals surface area contributed by atoms with Crippen molar-refractivity contribution in [1.29, 1.82) is 0 Å². The minimum absolute atomic E-state index is 0.00612. The number of aliphatic hydroxyl groups is 1. The molecule has 0 aromatic heterocycles. The molecule has 1 aromatic rings. The van der Waals surface area contributed by atoms with Gasteiger partial charge in [0.15, 0.2) is 0 Å². The number of hydrogen-bond donors (Lipinski definition) is 2. The minimum Gasteiger partial charge on any atom is -0.389 e. The second-order valence-corrected chi connectivity index (χ2v) is 6.26. The molecule has 2 amide bonds. The van der Waals surface area contributed by atoms with E-state index in [1.54, 1.807) is 24.1 Å². The first kappa shape index (κ1) is 17.1. The molecule has 2 rings (SSSR count). The van der Waals surface area contributed by atoms with Crippen molar-refractivity contribution in [3.05, 3.63) is 29.3 Å². The first-order valence-electron chi connectivity index (χ1n) is 7.48. The van der Waals surface area contributed by atoms with Crippen LogP contribution in [0.25, 0.3) is 0 Å². The number of halogens is 1. The van der Waals surface area contributed by atoms with E-state index in [4.69, 9.17) is 16.3 Å². The molecule has 1 fully saturated rings. The maximum Gasteiger partial charge on any atom is 0.321 e. The molecular weight excluding hydrogens is 304 g/mol. The van der Waals surface area contributed by atoms with Crippen molar-refractivity contribution >= 4 is 23.3 Å². The van der Waals surface area contributed by atoms with E-state index in [0.29, 0.717) is 43.2 Å². The number of carbonyl (C=O) groups excluding carboxylic acids is 1. The minimum atomic E-state index is -0.767. The van der Waals surface area contributed by atoms with Crippen LogP contribution in [0.15, 0.2) is 24.3 Å². The van der Waals surface area contributed by atoms with Gasteiger partial charge in [-0.2, -0.15) is 0 Å². The summed E-state index contributed by atoms with van der Waals surface area (Å²) in [4.78, 5) is 14.1. The molecule has 0 aliphatic carbocycles. The van der Waals surface area contributed by atoms with E-state index in [-0.39, 0.29) is 11.9 Å². The number of methoxy groups -OCH3 is 1. The van der Waals surface area contributed by atoms with Gasteiger partial charge in [-0.25, -0.2) is 4.79 Å². The fourth-order valence-electron chi connectivity index (χ4n) is 2.76. The summed E-state index contributed by atoms with van der Waals surface area (Å²) in [6.07, 6.45) is 1.14. The number of nitrogens with one attached hydrogen (secondary N) is 1. The zero-order valence-corrected chi connectivity index (χ0v) is 13.8. The summed E-state index contributed by atoms with van der Waals surface area (Å²) >= 11 is 6.05. The van der Waals surface area contributed by atoms with Crippen LogP contribution < -0.4 is 5.32 Å². The standard InChI is InChI=1S/C16H23ClN2O3/c1-12-11-19(9-7-16(12,21)8-10-22-2)15(20)18-14-6-4-3-5-13(14)17/h3-6,12,21H,7-11H2,1-2H3,(H,18,20)/t12-,16-/m1/s1. The fourth-order valence-corrected chi connectivity index (χ4v) is 2.94. The van der Waals surface area contributed by atoms with Crippen LogP contribution in [0.5, 0.6) is 0 Å². The lowest BCUT2D eigenvalue weighted by Gasteiger charge is -2.43. The summed E-state index contributed by atoms with van der Waals surface area (Å²) in [5, 5.41) is 14.0. The monoisotopic (exact) mass is 326 g/mol. The van der Waals surface area contributed by atoms with Gasteiger partial charge < -0.3 is 20.1 Å². The number of carbonyl (C=O) groups is 1. The lowest BCUT2D eigenvalue weighted by atomic mass is 9.80. The van der Waals surface area contributed by atoms with Crippen LogP contribution in [0, 0.1) is 5.92 Å². The van der Waals surface area contributed by atoms with Crippen molar-refractivity contribution in [2.45, 2.75) is 25.4 Å². The largest absolute Gasteiger partial charge is 0.389 e. The van der Waals surface area contributed by atoms with Gasteiger partial charge in [0.2, 0.25) is 0 Å². The molecular formula is C16H23ClN2O3. The van der Waals surface area contributed by atoms with Gasteiger partial charge in [0, 0.05) is 32.7 Å². The van der Waals surface area contributed by atoms with E-state index in [9.17, 15) is 9.90 Å². The smallest absolute Gasteiger partial charge is 0.321 e. The van der Waals surface area contributed by atoms with Gasteiger partial charge >= 0.3 is 6.03 Å². The van der Waals surface area contributed by atoms with Gasteiger partial charge in [0.05, 0.1) is 16.3 Å². The van der Waals surface area contributed by atoms with Gasteiger partial charge in [-0.3, -0.25) is 0 Å². The highest BCUT2D eigenvalue weighted by Gasteiger charge is 2.39. The number of nitrogens with zero attached hydrogens (tertiary/aromatic N) is 1. The molecule has 1 aliphatic heterocycles. The Morgan fingerprint density at radius 3 is 2.91 bits per heavy atom. The van der Waals surface area contributed by atoms with Crippen molar-refractivity contribution < 1.29 is 14.6 Å². The summed E-state index contributed by atoms with van der Waals surface area (Å²) in [6.45, 7) is 3.51. The third kappa shape index (κ3) is 3.91. The number of benzene rings is 1. The zero-order valence-electron chi connectivity index (χ0n) is 13.0. The number of amides is 2. The SMILES string of the molecule is COCC[C@]1(O)CCN(C(=O)Nc2ccccc2Cl)C[C@H]1C. The Hall–Kier alpha value is -1.30. The highest BCUT2D eigenvalue weighted by atomic mass is 35.5. The quantitative estimate of drug-likeness (QED) is 0.894. The summed E-state index contributed by atoms with van der Waals surface area (Å²) in [5.41, 5.74) is -0.168. The highest BCUT2D eigenvalue weighted by molar-refractivity contribution is 6.33. The Balaban J connectivity index is 1.95. The Bertz CT molecular complexity index is 526. The Morgan fingerprint density at radius 2 is 2.27 bits per heavy atom. The Labute approximate surface area is 136 Å². The third-order valence-electron chi connectivity index (χ3n) is 4.37. The van der Waals surface area contributed by atoms with E-state index < -0.39 is 5.60 Å². The Kier molecular flexibility index (Phi) is 5.67. The molecule has 0 radical (unpaired) electrons. The second kappa shape index (κ2) is 7.31. The van der Waals surface area contributed by atoms with Crippen LogP contribution in [0.1, 0.15) is 19.8 Å². The molecule has 122 valence electrons. The van der Waals surface area contributed by atoms with Crippen LogP contribution in [-0.4, -0.2) is 48.4 Å². The molecule has 1 saturated heterocycles. The third-order valence-corrected chi connectivity index (χ3v) is 4.70. The molecule has 1 aliphatic rings. The van der Waals surface area contributed by atoms with Gasteiger partial charge in [-0.15, -0.1) is 0 Å². The molecule has 0 spiro atoms. The number of rotatable bonds is 4. The van der Waals surface area contributed by atoms with E-state index in [0.717, 1.165) is 0 Å². The highest BCUT2D eigenvalue weighted by Crippen LogP contribution is 2.31. The van der Waals surface area contributed by atoms with Crippen LogP contribution in [0.2, 0.25) is 5.02 Å². The fraction of sp³-hybridized carbons (Fsp3) is 0.562. The molecule has 0 saturated carbocycles. The molecule has 2 N–H and O–H groups in total. The van der Waals surface area contributed by atoms with Crippen LogP contribution in [0.4, 0.5) is 10.5 Å². The van der Waals surface area contributed by atoms with Crippen molar-refractivity contribution in [3.8, 4) is 0 Å². The first-order valence-corrected chi connectivity index (χ1v) is 7.86. The number of piperidine rings is 1. The summed E-state index contributed by atoms with van der Waals surface area (Å²) < 4.78 is 5.06. The molecule has 1 aromatic carbocycles. The number of likely N-dealkylation sites (tertiary alicyclic amines) is 1. The lowest BCUT2D eigenvalue weighted by Crippen LogP contribution is -2.53. The predicted octanol–water partition coefficient (Wildman–Crippen LogP) is 2.98. The molecule has 5 nitrogen and oxygen atoms in total. The van der Waals surface area contributed by atoms with Crippen molar-refractivity contribution in [2.75, 3.05) is 32.1 Å². The van der Waals surface area contributed by atoms with Crippen molar-refractivity contribution in [3.63, 3.8) is 0 Å². The normalized spacial score (nSPS) is 25.1. The van der Waals surface area contributed by atoms with Crippen LogP contribution in [0.3, 0.4) is 0 Å². The first-order chi connectivity index (χ1) is 10.5. The van der Waals surface area contributed by atoms with Gasteiger partial charge in [-0.1, -0.05) is 30.7 Å². The average molecular weight is 327 g/mol. The topological polar surface area (TPSA) is 61.8 Å². The summed E-state index contributed by atoms with van der Waals surface area (Å²) in [5.74, 6) is -0.00612. The molecule has 1 heterocycles. The van der Waals surface area contributed by atoms with Crippen LogP contribution >= 0.6 is 11.6 Å². The molecule has 2 atom stereocenters. The maximum absolute atomic E-state index is 12.3. The number of ether oxygens (including phenoxy) is 1. The summed E-state index contributed by atoms with van der Waals surface area (Å²) in [6, 6.07) is 6.96. The van der Waals surface area contributed by atoms with Gasteiger partial charge in [-0.05, 0) is 25.0 Å². The molecule has 0 bridgehead atoms.